The summed E-state index contributed by atoms with van der Waals surface area (Å²) in [6.45, 7) is 2.66. The maximum Gasteiger partial charge on any atom is 0.330 e. The van der Waals surface area contributed by atoms with Gasteiger partial charge >= 0.3 is 5.13 Å². The standard InChI is InChI=1S/C9H10N2OS/c1-2-12-6-3-4-7-8(5-6)13-9(10)11-7/h3-5H,2H2,1H3,(H2,10,11)/p+1. The normalized spacial score (nSPS) is 10.5. The molecule has 4 heteroatoms. The average Bonchev–Trinajstić information content (AvgIpc) is 2.44. The molecule has 0 spiro atoms. The molecule has 3 N–H and O–H groups in total. The molecule has 0 aliphatic rings. The number of aromatic nitrogens is 1. The van der Waals surface area contributed by atoms with Gasteiger partial charge in [0, 0.05) is 6.07 Å². The number of anilines is 1. The van der Waals surface area contributed by atoms with E-state index >= 15 is 0 Å². The fourth-order valence-corrected chi connectivity index (χ4v) is 2.03. The average molecular weight is 195 g/mol. The number of nitrogens with one attached hydrogen (secondary N) is 1. The molecule has 2 rings (SSSR count). The van der Waals surface area contributed by atoms with Gasteiger partial charge < -0.3 is 4.74 Å². The molecule has 0 bridgehead atoms. The molecule has 1 heterocycles. The highest BCUT2D eigenvalue weighted by atomic mass is 32.1. The van der Waals surface area contributed by atoms with E-state index in [0.29, 0.717) is 6.61 Å². The summed E-state index contributed by atoms with van der Waals surface area (Å²) in [4.78, 5) is 3.07. The number of thiazole rings is 1. The Morgan fingerprint density at radius 3 is 3.15 bits per heavy atom. The van der Waals surface area contributed by atoms with Crippen LogP contribution in [-0.4, -0.2) is 6.61 Å². The predicted octanol–water partition coefficient (Wildman–Crippen LogP) is 1.70. The van der Waals surface area contributed by atoms with Crippen molar-refractivity contribution in [2.45, 2.75) is 6.92 Å². The zero-order valence-electron chi connectivity index (χ0n) is 7.33. The van der Waals surface area contributed by atoms with Gasteiger partial charge in [-0.15, -0.1) is 0 Å². The lowest BCUT2D eigenvalue weighted by Crippen LogP contribution is -2.03. The number of rotatable bonds is 2. The van der Waals surface area contributed by atoms with Gasteiger partial charge in [0.05, 0.1) is 11.3 Å². The summed E-state index contributed by atoms with van der Waals surface area (Å²) in [6.07, 6.45) is 0. The van der Waals surface area contributed by atoms with E-state index in [0.717, 1.165) is 21.1 Å². The summed E-state index contributed by atoms with van der Waals surface area (Å²) in [5.74, 6) is 0.894. The van der Waals surface area contributed by atoms with Gasteiger partial charge in [-0.1, -0.05) is 0 Å². The van der Waals surface area contributed by atoms with Gasteiger partial charge in [0.25, 0.3) is 0 Å². The van der Waals surface area contributed by atoms with Gasteiger partial charge in [0.1, 0.15) is 11.3 Å². The lowest BCUT2D eigenvalue weighted by molar-refractivity contribution is -0.320. The molecule has 68 valence electrons. The first kappa shape index (κ1) is 8.31. The van der Waals surface area contributed by atoms with Crippen molar-refractivity contribution in [1.29, 1.82) is 0 Å². The van der Waals surface area contributed by atoms with Crippen LogP contribution in [0.25, 0.3) is 10.2 Å². The van der Waals surface area contributed by atoms with Gasteiger partial charge in [-0.25, -0.2) is 4.98 Å². The first-order valence-corrected chi connectivity index (χ1v) is 4.95. The van der Waals surface area contributed by atoms with Crippen molar-refractivity contribution >= 4 is 26.7 Å². The van der Waals surface area contributed by atoms with Crippen LogP contribution >= 0.6 is 11.3 Å². The third-order valence-electron chi connectivity index (χ3n) is 1.74. The first-order valence-electron chi connectivity index (χ1n) is 4.13. The number of nitrogens with two attached hydrogens (primary N) is 1. The first-order chi connectivity index (χ1) is 6.29. The molecule has 13 heavy (non-hydrogen) atoms. The largest absolute Gasteiger partial charge is 0.494 e. The smallest absolute Gasteiger partial charge is 0.330 e. The second-order valence-electron chi connectivity index (χ2n) is 2.68. The number of aromatic amines is 1. The number of hydrogen-bond acceptors (Lipinski definition) is 3. The molecule has 0 unspecified atom stereocenters. The Morgan fingerprint density at radius 2 is 2.38 bits per heavy atom. The Balaban J connectivity index is 2.48. The van der Waals surface area contributed by atoms with Gasteiger partial charge in [-0.3, -0.25) is 5.73 Å². The van der Waals surface area contributed by atoms with Crippen molar-refractivity contribution in [3.05, 3.63) is 18.2 Å². The second kappa shape index (κ2) is 3.22. The molecule has 0 aliphatic carbocycles. The highest BCUT2D eigenvalue weighted by Gasteiger charge is 2.05. The van der Waals surface area contributed by atoms with E-state index in [1.807, 2.05) is 25.1 Å². The van der Waals surface area contributed by atoms with Crippen LogP contribution in [0.15, 0.2) is 18.2 Å². The maximum absolute atomic E-state index is 5.64. The second-order valence-corrected chi connectivity index (χ2v) is 3.77. The van der Waals surface area contributed by atoms with E-state index in [-0.39, 0.29) is 0 Å². The van der Waals surface area contributed by atoms with Crippen molar-refractivity contribution in [3.63, 3.8) is 0 Å². The van der Waals surface area contributed by atoms with Crippen LogP contribution < -0.4 is 15.5 Å². The van der Waals surface area contributed by atoms with E-state index in [1.54, 1.807) is 0 Å². The summed E-state index contributed by atoms with van der Waals surface area (Å²) < 4.78 is 6.50. The Bertz CT molecular complexity index is 424. The highest BCUT2D eigenvalue weighted by molar-refractivity contribution is 7.21. The molecule has 0 radical (unpaired) electrons. The van der Waals surface area contributed by atoms with Crippen molar-refractivity contribution in [2.24, 2.45) is 0 Å². The maximum atomic E-state index is 5.64. The van der Waals surface area contributed by atoms with E-state index in [4.69, 9.17) is 10.5 Å². The Labute approximate surface area is 80.2 Å². The van der Waals surface area contributed by atoms with Crippen molar-refractivity contribution < 1.29 is 9.72 Å². The van der Waals surface area contributed by atoms with Gasteiger partial charge in [0.15, 0.2) is 0 Å². The van der Waals surface area contributed by atoms with Crippen molar-refractivity contribution in [2.75, 3.05) is 12.3 Å². The van der Waals surface area contributed by atoms with Crippen LogP contribution in [0.1, 0.15) is 6.92 Å². The third kappa shape index (κ3) is 1.58. The molecule has 0 atom stereocenters. The number of benzene rings is 1. The SMILES string of the molecule is CCOc1ccc2[nH+]c(N)sc2c1. The topological polar surface area (TPSA) is 49.4 Å². The number of fused-ring (bicyclic) bond motifs is 1. The van der Waals surface area contributed by atoms with Crippen LogP contribution in [0, 0.1) is 0 Å². The monoisotopic (exact) mass is 195 g/mol. The van der Waals surface area contributed by atoms with Crippen LogP contribution in [0.3, 0.4) is 0 Å². The molecule has 0 aliphatic heterocycles. The molecule has 3 nitrogen and oxygen atoms in total. The predicted molar refractivity (Wildman–Crippen MR) is 54.0 cm³/mol. The summed E-state index contributed by atoms with van der Waals surface area (Å²) in [6, 6.07) is 5.91. The van der Waals surface area contributed by atoms with Crippen LogP contribution in [0.2, 0.25) is 0 Å². The fraction of sp³-hybridized carbons (Fsp3) is 0.222. The van der Waals surface area contributed by atoms with Crippen LogP contribution in [-0.2, 0) is 0 Å². The number of ether oxygens (including phenoxy) is 1. The highest BCUT2D eigenvalue weighted by Crippen LogP contribution is 2.24. The summed E-state index contributed by atoms with van der Waals surface area (Å²) in [7, 11) is 0. The molecular weight excluding hydrogens is 184 g/mol. The minimum atomic E-state index is 0.691. The zero-order valence-corrected chi connectivity index (χ0v) is 8.15. The van der Waals surface area contributed by atoms with Crippen LogP contribution in [0.5, 0.6) is 5.75 Å². The van der Waals surface area contributed by atoms with E-state index in [1.165, 1.54) is 11.3 Å². The van der Waals surface area contributed by atoms with Crippen molar-refractivity contribution in [3.8, 4) is 5.75 Å². The lowest BCUT2D eigenvalue weighted by atomic mass is 10.3. The number of hydrogen-bond donors (Lipinski definition) is 1. The Hall–Kier alpha value is -1.29. The lowest BCUT2D eigenvalue weighted by Gasteiger charge is -2.00. The molecule has 0 amide bonds. The van der Waals surface area contributed by atoms with E-state index in [9.17, 15) is 0 Å². The number of H-pyrrole nitrogens is 1. The summed E-state index contributed by atoms with van der Waals surface area (Å²) in [5.41, 5.74) is 6.70. The fourth-order valence-electron chi connectivity index (χ4n) is 1.22. The quantitative estimate of drug-likeness (QED) is 0.792. The summed E-state index contributed by atoms with van der Waals surface area (Å²) >= 11 is 1.53. The zero-order chi connectivity index (χ0) is 9.26. The molecule has 0 saturated heterocycles. The molecule has 0 saturated carbocycles. The minimum absolute atomic E-state index is 0.691. The van der Waals surface area contributed by atoms with Crippen LogP contribution in [0.4, 0.5) is 5.13 Å². The Kier molecular flexibility index (Phi) is 2.06. The van der Waals surface area contributed by atoms with E-state index < -0.39 is 0 Å². The molecule has 1 aromatic carbocycles. The minimum Gasteiger partial charge on any atom is -0.494 e. The Morgan fingerprint density at radius 1 is 1.54 bits per heavy atom. The molecular formula is C9H11N2OS+. The van der Waals surface area contributed by atoms with E-state index in [2.05, 4.69) is 4.98 Å². The third-order valence-corrected chi connectivity index (χ3v) is 2.62. The number of nitrogen functional groups attached to an aromatic ring is 1. The molecule has 1 aromatic heterocycles. The molecule has 0 fully saturated rings. The summed E-state index contributed by atoms with van der Waals surface area (Å²) in [5, 5.41) is 0.726. The van der Waals surface area contributed by atoms with Crippen molar-refractivity contribution in [1.82, 2.24) is 0 Å². The van der Waals surface area contributed by atoms with Gasteiger partial charge in [-0.2, -0.15) is 0 Å². The van der Waals surface area contributed by atoms with Gasteiger partial charge in [0.2, 0.25) is 0 Å². The molecule has 2 aromatic rings. The van der Waals surface area contributed by atoms with Gasteiger partial charge in [-0.05, 0) is 30.4 Å².